The summed E-state index contributed by atoms with van der Waals surface area (Å²) in [7, 11) is 0. The largest absolute Gasteiger partial charge is 0.399 e. The van der Waals surface area contributed by atoms with E-state index >= 15 is 0 Å². The Hall–Kier alpha value is -4.47. The zero-order valence-corrected chi connectivity index (χ0v) is 23.1. The van der Waals surface area contributed by atoms with Crippen LogP contribution in [0.15, 0.2) is 77.3 Å². The fourth-order valence-corrected chi connectivity index (χ4v) is 5.05. The first-order valence-electron chi connectivity index (χ1n) is 13.9. The molecule has 5 N–H and O–H groups in total. The number of aliphatic hydroxyl groups is 1. The molecule has 2 aliphatic heterocycles. The van der Waals surface area contributed by atoms with Crippen molar-refractivity contribution < 1.29 is 19.5 Å². The van der Waals surface area contributed by atoms with Gasteiger partial charge < -0.3 is 21.5 Å². The fourth-order valence-electron chi connectivity index (χ4n) is 5.05. The predicted molar refractivity (Wildman–Crippen MR) is 160 cm³/mol. The number of likely N-dealkylation sites (tertiary alicyclic amines) is 1. The van der Waals surface area contributed by atoms with E-state index in [-0.39, 0.29) is 24.8 Å². The second-order valence-corrected chi connectivity index (χ2v) is 10.4. The Kier molecular flexibility index (Phi) is 8.47. The van der Waals surface area contributed by atoms with Crippen molar-refractivity contribution in [3.8, 4) is 11.1 Å². The summed E-state index contributed by atoms with van der Waals surface area (Å²) in [6.45, 7) is 3.56. The van der Waals surface area contributed by atoms with E-state index in [0.717, 1.165) is 28.7 Å². The molecule has 0 unspecified atom stereocenters. The van der Waals surface area contributed by atoms with Crippen molar-refractivity contribution in [3.63, 3.8) is 0 Å². The third-order valence-corrected chi connectivity index (χ3v) is 7.18. The Morgan fingerprint density at radius 1 is 1.07 bits per heavy atom. The Bertz CT molecular complexity index is 1500. The third kappa shape index (κ3) is 6.65. The quantitative estimate of drug-likeness (QED) is 0.281. The second-order valence-electron chi connectivity index (χ2n) is 10.4. The van der Waals surface area contributed by atoms with Crippen molar-refractivity contribution in [1.29, 1.82) is 0 Å². The summed E-state index contributed by atoms with van der Waals surface area (Å²) >= 11 is 0. The number of nitrogens with zero attached hydrogens (tertiary/aromatic N) is 3. The number of fused-ring (bicyclic) bond motifs is 1. The first-order chi connectivity index (χ1) is 19.8. The normalized spacial score (nSPS) is 16.4. The van der Waals surface area contributed by atoms with E-state index in [0.29, 0.717) is 54.4 Å². The lowest BCUT2D eigenvalue weighted by Crippen LogP contribution is -2.34. The van der Waals surface area contributed by atoms with Crippen molar-refractivity contribution >= 4 is 35.1 Å². The average Bonchev–Trinajstić information content (AvgIpc) is 3.33. The van der Waals surface area contributed by atoms with Crippen LogP contribution in [-0.4, -0.2) is 58.5 Å². The molecule has 5 rings (SSSR count). The van der Waals surface area contributed by atoms with Crippen molar-refractivity contribution in [3.05, 3.63) is 89.0 Å². The van der Waals surface area contributed by atoms with Crippen LogP contribution in [-0.2, 0) is 16.2 Å². The predicted octanol–water partition coefficient (Wildman–Crippen LogP) is 4.29. The number of anilines is 1. The first-order valence-corrected chi connectivity index (χ1v) is 13.9. The molecule has 1 fully saturated rings. The van der Waals surface area contributed by atoms with Crippen LogP contribution >= 0.6 is 0 Å². The van der Waals surface area contributed by atoms with Gasteiger partial charge in [-0.15, -0.1) is 0 Å². The number of hydrogen-bond donors (Lipinski definition) is 3. The van der Waals surface area contributed by atoms with Gasteiger partial charge in [-0.2, -0.15) is 0 Å². The summed E-state index contributed by atoms with van der Waals surface area (Å²) in [5.41, 5.74) is 18.0. The summed E-state index contributed by atoms with van der Waals surface area (Å²) < 4.78 is 0. The number of aliphatic imine (C=N–C) groups is 1. The average molecular weight is 554 g/mol. The highest BCUT2D eigenvalue weighted by molar-refractivity contribution is 6.05. The number of rotatable bonds is 8. The van der Waals surface area contributed by atoms with Gasteiger partial charge in [-0.3, -0.25) is 14.4 Å². The van der Waals surface area contributed by atoms with E-state index in [1.54, 1.807) is 23.1 Å². The second kappa shape index (κ2) is 12.4. The lowest BCUT2D eigenvalue weighted by atomic mass is 10.00. The Morgan fingerprint density at radius 3 is 2.56 bits per heavy atom. The summed E-state index contributed by atoms with van der Waals surface area (Å²) in [6.07, 6.45) is 2.91. The van der Waals surface area contributed by atoms with Gasteiger partial charge in [-0.25, -0.2) is 10.1 Å². The van der Waals surface area contributed by atoms with Crippen LogP contribution < -0.4 is 11.5 Å². The summed E-state index contributed by atoms with van der Waals surface area (Å²) in [5, 5.41) is 11.1. The molecule has 0 radical (unpaired) electrons. The SMILES string of the molecule is CCCN(OCc1cccc(N)c1)C(=O)C1=Cc2ccc(-c3ccc(C(=O)N4CC[C@@H](O)C4)cc3)cc2N=C(N)C1. The maximum atomic E-state index is 13.5. The van der Waals surface area contributed by atoms with Crippen LogP contribution in [0.2, 0.25) is 0 Å². The topological polar surface area (TPSA) is 134 Å². The number of hydroxylamine groups is 2. The number of β-amino-alcohol motifs (C(OH)–C–C–N with tert-alkyl or cyclic N) is 1. The molecule has 0 aromatic heterocycles. The van der Waals surface area contributed by atoms with Gasteiger partial charge in [0.2, 0.25) is 0 Å². The molecule has 2 aliphatic rings. The van der Waals surface area contributed by atoms with Gasteiger partial charge in [-0.1, -0.05) is 43.3 Å². The smallest absolute Gasteiger partial charge is 0.273 e. The maximum Gasteiger partial charge on any atom is 0.273 e. The van der Waals surface area contributed by atoms with Gasteiger partial charge in [0.25, 0.3) is 11.8 Å². The van der Waals surface area contributed by atoms with Gasteiger partial charge in [0.1, 0.15) is 12.4 Å². The molecule has 0 bridgehead atoms. The first kappa shape index (κ1) is 28.1. The highest BCUT2D eigenvalue weighted by Crippen LogP contribution is 2.32. The minimum Gasteiger partial charge on any atom is -0.399 e. The van der Waals surface area contributed by atoms with Gasteiger partial charge in [0.05, 0.1) is 11.8 Å². The molecule has 1 saturated heterocycles. The molecule has 1 atom stereocenters. The fraction of sp³-hybridized carbons (Fsp3) is 0.281. The standard InChI is InChI=1S/C32H35N5O4/c1-2-13-37(41-20-21-4-3-5-27(33)15-21)32(40)26-16-25-11-10-24(17-29(25)35-30(34)18-26)22-6-8-23(9-7-22)31(39)36-14-12-28(38)19-36/h3-11,15-17,28,38H,2,12-14,18-20,33H2,1H3,(H2,34,35)/t28-/m1/s1. The molecule has 2 amide bonds. The lowest BCUT2D eigenvalue weighted by Gasteiger charge is -2.22. The zero-order valence-electron chi connectivity index (χ0n) is 23.1. The number of hydrogen-bond acceptors (Lipinski definition) is 7. The number of benzene rings is 3. The van der Waals surface area contributed by atoms with Gasteiger partial charge in [0, 0.05) is 48.4 Å². The van der Waals surface area contributed by atoms with Crippen molar-refractivity contribution in [1.82, 2.24) is 9.96 Å². The van der Waals surface area contributed by atoms with Gasteiger partial charge in [0.15, 0.2) is 0 Å². The molecule has 3 aromatic rings. The van der Waals surface area contributed by atoms with Gasteiger partial charge >= 0.3 is 0 Å². The van der Waals surface area contributed by atoms with E-state index in [1.165, 1.54) is 5.06 Å². The van der Waals surface area contributed by atoms with Crippen LogP contribution in [0.5, 0.6) is 0 Å². The summed E-state index contributed by atoms with van der Waals surface area (Å²) in [4.78, 5) is 38.5. The lowest BCUT2D eigenvalue weighted by molar-refractivity contribution is -0.187. The number of nitrogens with two attached hydrogens (primary N) is 2. The van der Waals surface area contributed by atoms with Crippen molar-refractivity contribution in [2.24, 2.45) is 10.7 Å². The maximum absolute atomic E-state index is 13.5. The molecule has 9 nitrogen and oxygen atoms in total. The Labute approximate surface area is 239 Å². The molecule has 41 heavy (non-hydrogen) atoms. The monoisotopic (exact) mass is 553 g/mol. The zero-order chi connectivity index (χ0) is 28.9. The highest BCUT2D eigenvalue weighted by atomic mass is 16.7. The third-order valence-electron chi connectivity index (χ3n) is 7.18. The molecule has 0 spiro atoms. The van der Waals surface area contributed by atoms with Gasteiger partial charge in [-0.05, 0) is 65.9 Å². The summed E-state index contributed by atoms with van der Waals surface area (Å²) in [6, 6.07) is 20.6. The summed E-state index contributed by atoms with van der Waals surface area (Å²) in [5.74, 6) is 0.00173. The van der Waals surface area contributed by atoms with Crippen LogP contribution in [0.3, 0.4) is 0 Å². The number of amidine groups is 1. The van der Waals surface area contributed by atoms with Crippen molar-refractivity contribution in [2.75, 3.05) is 25.4 Å². The Morgan fingerprint density at radius 2 is 1.85 bits per heavy atom. The van der Waals surface area contributed by atoms with Crippen LogP contribution in [0, 0.1) is 0 Å². The minimum absolute atomic E-state index is 0.0799. The molecule has 2 heterocycles. The van der Waals surface area contributed by atoms with E-state index < -0.39 is 6.10 Å². The van der Waals surface area contributed by atoms with Crippen molar-refractivity contribution in [2.45, 2.75) is 38.9 Å². The number of carbonyl (C=O) groups excluding carboxylic acids is 2. The molecule has 0 saturated carbocycles. The van der Waals surface area contributed by atoms with E-state index in [9.17, 15) is 14.7 Å². The molecule has 3 aromatic carbocycles. The van der Waals surface area contributed by atoms with Crippen LogP contribution in [0.1, 0.15) is 47.7 Å². The highest BCUT2D eigenvalue weighted by Gasteiger charge is 2.26. The van der Waals surface area contributed by atoms with E-state index in [1.807, 2.05) is 61.5 Å². The molecular formula is C32H35N5O4. The van der Waals surface area contributed by atoms with E-state index in [2.05, 4.69) is 4.99 Å². The number of aliphatic hydroxyl groups excluding tert-OH is 1. The number of amides is 2. The van der Waals surface area contributed by atoms with E-state index in [4.69, 9.17) is 16.3 Å². The molecule has 9 heteroatoms. The van der Waals surface area contributed by atoms with Crippen LogP contribution in [0.4, 0.5) is 11.4 Å². The molecule has 212 valence electrons. The molecule has 0 aliphatic carbocycles. The minimum atomic E-state index is -0.452. The molecular weight excluding hydrogens is 518 g/mol. The Balaban J connectivity index is 1.34. The van der Waals surface area contributed by atoms with Crippen LogP contribution in [0.25, 0.3) is 17.2 Å². The number of carbonyl (C=O) groups is 2. The number of nitrogen functional groups attached to an aromatic ring is 1.